The van der Waals surface area contributed by atoms with E-state index in [1.807, 2.05) is 0 Å². The van der Waals surface area contributed by atoms with Crippen LogP contribution in [0.3, 0.4) is 0 Å². The molecular weight excluding hydrogens is 170 g/mol. The van der Waals surface area contributed by atoms with Crippen LogP contribution < -0.4 is 5.32 Å². The van der Waals surface area contributed by atoms with E-state index in [2.05, 4.69) is 5.32 Å². The minimum Gasteiger partial charge on any atom is -0.396 e. The quantitative estimate of drug-likeness (QED) is 0.552. The van der Waals surface area contributed by atoms with E-state index in [-0.39, 0.29) is 18.3 Å². The van der Waals surface area contributed by atoms with Gasteiger partial charge in [-0.25, -0.2) is 0 Å². The average molecular weight is 189 g/mol. The number of aliphatic hydroxyl groups is 1. The smallest absolute Gasteiger partial charge is 0.169 e. The van der Waals surface area contributed by atoms with Gasteiger partial charge in [0.15, 0.2) is 6.29 Å². The Hall–Kier alpha value is -0.160. The summed E-state index contributed by atoms with van der Waals surface area (Å²) >= 11 is 0. The molecule has 0 atom stereocenters. The standard InChI is InChI=1S/C9H19NO3/c1-12-8(13-2)5-10-6-9(7-11)3-4-9/h8,10-11H,3-7H2,1-2H3. The Morgan fingerprint density at radius 3 is 2.38 bits per heavy atom. The fourth-order valence-corrected chi connectivity index (χ4v) is 1.29. The molecule has 0 saturated heterocycles. The molecule has 0 unspecified atom stereocenters. The summed E-state index contributed by atoms with van der Waals surface area (Å²) in [6.45, 7) is 1.81. The van der Waals surface area contributed by atoms with Gasteiger partial charge in [0.2, 0.25) is 0 Å². The van der Waals surface area contributed by atoms with E-state index < -0.39 is 0 Å². The Morgan fingerprint density at radius 1 is 1.38 bits per heavy atom. The van der Waals surface area contributed by atoms with Crippen molar-refractivity contribution in [3.63, 3.8) is 0 Å². The second kappa shape index (κ2) is 4.91. The first-order valence-electron chi connectivity index (χ1n) is 4.63. The molecule has 2 N–H and O–H groups in total. The average Bonchev–Trinajstić information content (AvgIpc) is 2.93. The molecule has 0 aliphatic heterocycles. The van der Waals surface area contributed by atoms with Crippen LogP contribution in [0.2, 0.25) is 0 Å². The molecule has 1 aliphatic carbocycles. The Bertz CT molecular complexity index is 144. The SMILES string of the molecule is COC(CNCC1(CO)CC1)OC. The van der Waals surface area contributed by atoms with Crippen LogP contribution in [0.4, 0.5) is 0 Å². The highest BCUT2D eigenvalue weighted by Gasteiger charge is 2.41. The zero-order chi connectivity index (χ0) is 9.73. The maximum Gasteiger partial charge on any atom is 0.169 e. The fraction of sp³-hybridized carbons (Fsp3) is 1.00. The summed E-state index contributed by atoms with van der Waals surface area (Å²) in [5.74, 6) is 0. The van der Waals surface area contributed by atoms with E-state index in [0.717, 1.165) is 19.4 Å². The lowest BCUT2D eigenvalue weighted by Gasteiger charge is -2.17. The molecule has 0 aromatic rings. The molecule has 1 saturated carbocycles. The summed E-state index contributed by atoms with van der Waals surface area (Å²) in [5.41, 5.74) is 0.159. The van der Waals surface area contributed by atoms with Crippen molar-refractivity contribution in [3.05, 3.63) is 0 Å². The zero-order valence-corrected chi connectivity index (χ0v) is 8.38. The van der Waals surface area contributed by atoms with Gasteiger partial charge in [-0.3, -0.25) is 0 Å². The number of methoxy groups -OCH3 is 2. The Kier molecular flexibility index (Phi) is 4.12. The third-order valence-electron chi connectivity index (χ3n) is 2.63. The molecular formula is C9H19NO3. The highest BCUT2D eigenvalue weighted by Crippen LogP contribution is 2.44. The van der Waals surface area contributed by atoms with Crippen molar-refractivity contribution in [1.82, 2.24) is 5.32 Å². The molecule has 4 heteroatoms. The first kappa shape index (κ1) is 10.9. The maximum atomic E-state index is 9.03. The fourth-order valence-electron chi connectivity index (χ4n) is 1.29. The second-order valence-corrected chi connectivity index (χ2v) is 3.69. The van der Waals surface area contributed by atoms with Gasteiger partial charge in [-0.15, -0.1) is 0 Å². The predicted molar refractivity (Wildman–Crippen MR) is 49.4 cm³/mol. The third kappa shape index (κ3) is 3.23. The van der Waals surface area contributed by atoms with E-state index in [0.29, 0.717) is 6.54 Å². The first-order chi connectivity index (χ1) is 6.26. The monoisotopic (exact) mass is 189 g/mol. The van der Waals surface area contributed by atoms with Crippen LogP contribution >= 0.6 is 0 Å². The molecule has 0 radical (unpaired) electrons. The lowest BCUT2D eigenvalue weighted by atomic mass is 10.1. The van der Waals surface area contributed by atoms with Gasteiger partial charge < -0.3 is 19.9 Å². The predicted octanol–water partition coefficient (Wildman–Crippen LogP) is -0.0326. The van der Waals surface area contributed by atoms with Gasteiger partial charge in [0.05, 0.1) is 0 Å². The summed E-state index contributed by atoms with van der Waals surface area (Å²) in [5, 5.41) is 12.3. The van der Waals surface area contributed by atoms with E-state index in [4.69, 9.17) is 14.6 Å². The number of hydrogen-bond acceptors (Lipinski definition) is 4. The Labute approximate surface area is 79.2 Å². The van der Waals surface area contributed by atoms with Gasteiger partial charge in [-0.2, -0.15) is 0 Å². The zero-order valence-electron chi connectivity index (χ0n) is 8.38. The third-order valence-corrected chi connectivity index (χ3v) is 2.63. The van der Waals surface area contributed by atoms with Crippen molar-refractivity contribution in [2.75, 3.05) is 33.9 Å². The molecule has 0 spiro atoms. The van der Waals surface area contributed by atoms with Crippen LogP contribution in [0, 0.1) is 5.41 Å². The van der Waals surface area contributed by atoms with E-state index >= 15 is 0 Å². The molecule has 78 valence electrons. The summed E-state index contributed by atoms with van der Waals surface area (Å²) in [6, 6.07) is 0. The van der Waals surface area contributed by atoms with Crippen molar-refractivity contribution in [2.24, 2.45) is 5.41 Å². The van der Waals surface area contributed by atoms with Crippen molar-refractivity contribution in [3.8, 4) is 0 Å². The lowest BCUT2D eigenvalue weighted by molar-refractivity contribution is -0.0992. The summed E-state index contributed by atoms with van der Waals surface area (Å²) in [7, 11) is 3.24. The van der Waals surface area contributed by atoms with Crippen LogP contribution in [-0.4, -0.2) is 45.3 Å². The molecule has 0 bridgehead atoms. The number of rotatable bonds is 7. The van der Waals surface area contributed by atoms with Gasteiger partial charge in [-0.1, -0.05) is 0 Å². The summed E-state index contributed by atoms with van der Waals surface area (Å²) < 4.78 is 10.0. The molecule has 0 heterocycles. The van der Waals surface area contributed by atoms with Crippen molar-refractivity contribution >= 4 is 0 Å². The minimum absolute atomic E-state index is 0.159. The Morgan fingerprint density at radius 2 is 2.00 bits per heavy atom. The van der Waals surface area contributed by atoms with Gasteiger partial charge >= 0.3 is 0 Å². The van der Waals surface area contributed by atoms with E-state index in [1.54, 1.807) is 14.2 Å². The maximum absolute atomic E-state index is 9.03. The van der Waals surface area contributed by atoms with Crippen LogP contribution in [-0.2, 0) is 9.47 Å². The van der Waals surface area contributed by atoms with Gasteiger partial charge in [0, 0.05) is 39.3 Å². The minimum atomic E-state index is -0.186. The van der Waals surface area contributed by atoms with E-state index in [1.165, 1.54) is 0 Å². The van der Waals surface area contributed by atoms with Crippen LogP contribution in [0.5, 0.6) is 0 Å². The lowest BCUT2D eigenvalue weighted by Crippen LogP contribution is -2.34. The van der Waals surface area contributed by atoms with Gasteiger partial charge in [0.1, 0.15) is 0 Å². The first-order valence-corrected chi connectivity index (χ1v) is 4.63. The molecule has 4 nitrogen and oxygen atoms in total. The molecule has 1 fully saturated rings. The van der Waals surface area contributed by atoms with Crippen molar-refractivity contribution in [2.45, 2.75) is 19.1 Å². The van der Waals surface area contributed by atoms with Crippen molar-refractivity contribution in [1.29, 1.82) is 0 Å². The summed E-state index contributed by atoms with van der Waals surface area (Å²) in [4.78, 5) is 0. The molecule has 0 amide bonds. The highest BCUT2D eigenvalue weighted by molar-refractivity contribution is 4.94. The number of hydrogen-bond donors (Lipinski definition) is 2. The van der Waals surface area contributed by atoms with Gasteiger partial charge in [-0.05, 0) is 12.8 Å². The van der Waals surface area contributed by atoms with E-state index in [9.17, 15) is 0 Å². The number of nitrogens with one attached hydrogen (secondary N) is 1. The van der Waals surface area contributed by atoms with Crippen LogP contribution in [0.1, 0.15) is 12.8 Å². The van der Waals surface area contributed by atoms with Crippen LogP contribution in [0.15, 0.2) is 0 Å². The summed E-state index contributed by atoms with van der Waals surface area (Å²) in [6.07, 6.45) is 2.07. The largest absolute Gasteiger partial charge is 0.396 e. The molecule has 1 aliphatic rings. The normalized spacial score (nSPS) is 19.4. The Balaban J connectivity index is 2.06. The number of aliphatic hydroxyl groups excluding tert-OH is 1. The molecule has 13 heavy (non-hydrogen) atoms. The topological polar surface area (TPSA) is 50.7 Å². The molecule has 0 aromatic heterocycles. The van der Waals surface area contributed by atoms with Crippen LogP contribution in [0.25, 0.3) is 0 Å². The molecule has 1 rings (SSSR count). The van der Waals surface area contributed by atoms with Gasteiger partial charge in [0.25, 0.3) is 0 Å². The molecule has 0 aromatic carbocycles. The highest BCUT2D eigenvalue weighted by atomic mass is 16.7. The van der Waals surface area contributed by atoms with Crippen molar-refractivity contribution < 1.29 is 14.6 Å². The second-order valence-electron chi connectivity index (χ2n) is 3.69. The number of ether oxygens (including phenoxy) is 2.